The van der Waals surface area contributed by atoms with E-state index in [4.69, 9.17) is 4.74 Å². The summed E-state index contributed by atoms with van der Waals surface area (Å²) in [6.45, 7) is 10.3. The first kappa shape index (κ1) is 18.0. The summed E-state index contributed by atoms with van der Waals surface area (Å²) >= 11 is 0. The molecule has 5 heteroatoms. The first-order chi connectivity index (χ1) is 11.2. The second-order valence-electron chi connectivity index (χ2n) is 6.36. The lowest BCUT2D eigenvalue weighted by atomic mass is 9.78. The van der Waals surface area contributed by atoms with Crippen LogP contribution in [0.25, 0.3) is 0 Å². The Bertz CT molecular complexity index is 747. The third kappa shape index (κ3) is 2.79. The van der Waals surface area contributed by atoms with E-state index in [1.807, 2.05) is 20.0 Å². The van der Waals surface area contributed by atoms with Gasteiger partial charge in [-0.25, -0.2) is 0 Å². The zero-order valence-corrected chi connectivity index (χ0v) is 15.6. The van der Waals surface area contributed by atoms with E-state index in [2.05, 4.69) is 32.6 Å². The van der Waals surface area contributed by atoms with E-state index < -0.39 is 0 Å². The molecule has 0 amide bonds. The molecule has 0 saturated heterocycles. The van der Waals surface area contributed by atoms with Crippen LogP contribution in [0.2, 0.25) is 0 Å². The average Bonchev–Trinajstić information content (AvgIpc) is 2.55. The van der Waals surface area contributed by atoms with E-state index >= 15 is 0 Å². The molecule has 1 aromatic carbocycles. The summed E-state index contributed by atoms with van der Waals surface area (Å²) in [4.78, 5) is 13.5. The molecular weight excluding hydrogens is 304 g/mol. The SMILES string of the molecule is CCC1=C(C)N(C)C(C)=C(C)C1c1cc(C)c(OC)cc1[N+](=O)[O-]. The summed E-state index contributed by atoms with van der Waals surface area (Å²) in [7, 11) is 3.59. The van der Waals surface area contributed by atoms with Gasteiger partial charge in [0.2, 0.25) is 0 Å². The van der Waals surface area contributed by atoms with Gasteiger partial charge in [0.1, 0.15) is 5.75 Å². The molecule has 0 bridgehead atoms. The lowest BCUT2D eigenvalue weighted by Gasteiger charge is -2.36. The molecule has 1 aromatic rings. The molecule has 0 aromatic heterocycles. The minimum atomic E-state index is -0.305. The van der Waals surface area contributed by atoms with Gasteiger partial charge in [0.25, 0.3) is 5.69 Å². The molecule has 1 atom stereocenters. The summed E-state index contributed by atoms with van der Waals surface area (Å²) in [5.41, 5.74) is 6.50. The molecule has 0 aliphatic carbocycles. The largest absolute Gasteiger partial charge is 0.496 e. The molecule has 0 spiro atoms. The highest BCUT2D eigenvalue weighted by molar-refractivity contribution is 5.58. The van der Waals surface area contributed by atoms with Crippen LogP contribution in [-0.4, -0.2) is 24.0 Å². The highest BCUT2D eigenvalue weighted by Crippen LogP contribution is 2.46. The maximum Gasteiger partial charge on any atom is 0.277 e. The van der Waals surface area contributed by atoms with Crippen LogP contribution < -0.4 is 4.74 Å². The molecule has 0 radical (unpaired) electrons. The van der Waals surface area contributed by atoms with Crippen LogP contribution in [0.15, 0.2) is 34.7 Å². The van der Waals surface area contributed by atoms with Gasteiger partial charge in [-0.2, -0.15) is 0 Å². The highest BCUT2D eigenvalue weighted by Gasteiger charge is 2.33. The van der Waals surface area contributed by atoms with Gasteiger partial charge in [0, 0.05) is 29.9 Å². The summed E-state index contributed by atoms with van der Waals surface area (Å²) in [5.74, 6) is 0.492. The molecule has 1 unspecified atom stereocenters. The van der Waals surface area contributed by atoms with E-state index in [9.17, 15) is 10.1 Å². The number of hydrogen-bond donors (Lipinski definition) is 0. The average molecular weight is 330 g/mol. The van der Waals surface area contributed by atoms with Crippen molar-refractivity contribution in [3.8, 4) is 5.75 Å². The second-order valence-corrected chi connectivity index (χ2v) is 6.36. The fourth-order valence-electron chi connectivity index (χ4n) is 3.60. The number of nitro benzene ring substituents is 1. The summed E-state index contributed by atoms with van der Waals surface area (Å²) in [6.07, 6.45) is 0.855. The Morgan fingerprint density at radius 3 is 2.33 bits per heavy atom. The van der Waals surface area contributed by atoms with Crippen LogP contribution >= 0.6 is 0 Å². The number of rotatable bonds is 4. The van der Waals surface area contributed by atoms with E-state index in [1.54, 1.807) is 6.07 Å². The second kappa shape index (κ2) is 6.67. The molecule has 0 saturated carbocycles. The van der Waals surface area contributed by atoms with Gasteiger partial charge < -0.3 is 9.64 Å². The van der Waals surface area contributed by atoms with Crippen molar-refractivity contribution in [2.75, 3.05) is 14.2 Å². The topological polar surface area (TPSA) is 55.6 Å². The Morgan fingerprint density at radius 2 is 1.83 bits per heavy atom. The number of allylic oxidation sites excluding steroid dienone is 4. The Morgan fingerprint density at radius 1 is 1.21 bits per heavy atom. The van der Waals surface area contributed by atoms with Crippen molar-refractivity contribution < 1.29 is 9.66 Å². The maximum atomic E-state index is 11.7. The molecule has 2 rings (SSSR count). The Hall–Kier alpha value is -2.30. The van der Waals surface area contributed by atoms with E-state index in [1.165, 1.54) is 18.4 Å². The van der Waals surface area contributed by atoms with Gasteiger partial charge in [-0.05, 0) is 56.9 Å². The molecule has 0 N–H and O–H groups in total. The molecule has 1 heterocycles. The fourth-order valence-corrected chi connectivity index (χ4v) is 3.60. The third-order valence-corrected chi connectivity index (χ3v) is 5.26. The molecule has 0 fully saturated rings. The highest BCUT2D eigenvalue weighted by atomic mass is 16.6. The molecular formula is C19H26N2O3. The minimum Gasteiger partial charge on any atom is -0.496 e. The molecule has 1 aliphatic rings. The van der Waals surface area contributed by atoms with Crippen LogP contribution in [0, 0.1) is 17.0 Å². The number of hydrogen-bond acceptors (Lipinski definition) is 4. The number of ether oxygens (including phenoxy) is 1. The van der Waals surface area contributed by atoms with Crippen molar-refractivity contribution in [2.45, 2.75) is 47.0 Å². The van der Waals surface area contributed by atoms with Gasteiger partial charge in [-0.15, -0.1) is 0 Å². The van der Waals surface area contributed by atoms with Gasteiger partial charge >= 0.3 is 0 Å². The maximum absolute atomic E-state index is 11.7. The van der Waals surface area contributed by atoms with Crippen LogP contribution in [0.5, 0.6) is 5.75 Å². The molecule has 1 aliphatic heterocycles. The lowest BCUT2D eigenvalue weighted by Crippen LogP contribution is -2.26. The van der Waals surface area contributed by atoms with Crippen molar-refractivity contribution in [2.24, 2.45) is 0 Å². The number of methoxy groups -OCH3 is 1. The van der Waals surface area contributed by atoms with Crippen LogP contribution in [0.4, 0.5) is 5.69 Å². The predicted molar refractivity (Wildman–Crippen MR) is 96.3 cm³/mol. The fraction of sp³-hybridized carbons (Fsp3) is 0.474. The number of aryl methyl sites for hydroxylation is 1. The van der Waals surface area contributed by atoms with Gasteiger partial charge in [-0.3, -0.25) is 10.1 Å². The van der Waals surface area contributed by atoms with Crippen LogP contribution in [0.3, 0.4) is 0 Å². The minimum absolute atomic E-state index is 0.0591. The Kier molecular flexibility index (Phi) is 5.02. The zero-order valence-electron chi connectivity index (χ0n) is 15.6. The molecule has 130 valence electrons. The molecule has 5 nitrogen and oxygen atoms in total. The van der Waals surface area contributed by atoms with Crippen molar-refractivity contribution in [3.05, 3.63) is 55.9 Å². The number of nitrogens with zero attached hydrogens (tertiary/aromatic N) is 2. The van der Waals surface area contributed by atoms with Crippen LogP contribution in [-0.2, 0) is 0 Å². The summed E-state index contributed by atoms with van der Waals surface area (Å²) < 4.78 is 5.28. The smallest absolute Gasteiger partial charge is 0.277 e. The van der Waals surface area contributed by atoms with Crippen LogP contribution in [0.1, 0.15) is 51.2 Å². The third-order valence-electron chi connectivity index (χ3n) is 5.26. The lowest BCUT2D eigenvalue weighted by molar-refractivity contribution is -0.385. The predicted octanol–water partition coefficient (Wildman–Crippen LogP) is 4.92. The first-order valence-corrected chi connectivity index (χ1v) is 8.18. The van der Waals surface area contributed by atoms with Gasteiger partial charge in [0.15, 0.2) is 0 Å². The van der Waals surface area contributed by atoms with Gasteiger partial charge in [0.05, 0.1) is 18.1 Å². The standard InChI is InChI=1S/C19H26N2O3/c1-8-15-14(5)20(6)13(4)12(3)19(15)16-9-11(2)18(24-7)10-17(16)21(22)23/h9-10,19H,8H2,1-7H3. The summed E-state index contributed by atoms with van der Waals surface area (Å²) in [6, 6.07) is 3.46. The number of nitro groups is 1. The Balaban J connectivity index is 2.78. The van der Waals surface area contributed by atoms with E-state index in [0.717, 1.165) is 28.8 Å². The van der Waals surface area contributed by atoms with Crippen molar-refractivity contribution in [1.29, 1.82) is 0 Å². The zero-order chi connectivity index (χ0) is 18.2. The first-order valence-electron chi connectivity index (χ1n) is 8.18. The number of benzene rings is 1. The van der Waals surface area contributed by atoms with Gasteiger partial charge in [-0.1, -0.05) is 6.92 Å². The van der Waals surface area contributed by atoms with Crippen molar-refractivity contribution in [1.82, 2.24) is 4.90 Å². The quantitative estimate of drug-likeness (QED) is 0.581. The van der Waals surface area contributed by atoms with E-state index in [-0.39, 0.29) is 16.5 Å². The van der Waals surface area contributed by atoms with Crippen molar-refractivity contribution >= 4 is 5.69 Å². The summed E-state index contributed by atoms with van der Waals surface area (Å²) in [5, 5.41) is 11.7. The van der Waals surface area contributed by atoms with Crippen molar-refractivity contribution in [3.63, 3.8) is 0 Å². The van der Waals surface area contributed by atoms with E-state index in [0.29, 0.717) is 5.75 Å². The normalized spacial score (nSPS) is 18.3. The molecule has 24 heavy (non-hydrogen) atoms. The Labute approximate surface area is 143 Å². The monoisotopic (exact) mass is 330 g/mol.